The number of rotatable bonds is 3. The molecule has 0 fully saturated rings. The first-order valence-corrected chi connectivity index (χ1v) is 4.21. The maximum atomic E-state index is 13.2. The molecule has 72 valence electrons. The molecule has 0 spiro atoms. The minimum absolute atomic E-state index is 0.169. The maximum Gasteiger partial charge on any atom is 0.130 e. The molecule has 1 rings (SSSR count). The minimum Gasteiger partial charge on any atom is -0.493 e. The van der Waals surface area contributed by atoms with E-state index in [1.54, 1.807) is 13.0 Å². The Balaban J connectivity index is 3.09. The highest BCUT2D eigenvalue weighted by molar-refractivity contribution is 5.37. The van der Waals surface area contributed by atoms with Gasteiger partial charge >= 0.3 is 0 Å². The van der Waals surface area contributed by atoms with E-state index < -0.39 is 0 Å². The molecule has 0 bridgehead atoms. The van der Waals surface area contributed by atoms with Crippen molar-refractivity contribution in [2.75, 3.05) is 6.61 Å². The average molecular weight is 184 g/mol. The van der Waals surface area contributed by atoms with Crippen molar-refractivity contribution in [3.63, 3.8) is 0 Å². The summed E-state index contributed by atoms with van der Waals surface area (Å²) >= 11 is 0. The van der Waals surface area contributed by atoms with E-state index >= 15 is 0 Å². The Morgan fingerprint density at radius 1 is 1.46 bits per heavy atom. The summed E-state index contributed by atoms with van der Waals surface area (Å²) in [6, 6.07) is 2.97. The fourth-order valence-corrected chi connectivity index (χ4v) is 1.10. The van der Waals surface area contributed by atoms with Gasteiger partial charge in [-0.2, -0.15) is 0 Å². The third-order valence-corrected chi connectivity index (χ3v) is 1.84. The summed E-state index contributed by atoms with van der Waals surface area (Å²) < 4.78 is 18.4. The minimum atomic E-state index is -0.338. The van der Waals surface area contributed by atoms with Crippen LogP contribution in [0.3, 0.4) is 0 Å². The van der Waals surface area contributed by atoms with E-state index in [0.717, 1.165) is 0 Å². The molecule has 0 aliphatic carbocycles. The van der Waals surface area contributed by atoms with Gasteiger partial charge in [-0.25, -0.2) is 4.39 Å². The van der Waals surface area contributed by atoms with Crippen LogP contribution in [0.1, 0.15) is 18.1 Å². The Kier molecular flexibility index (Phi) is 3.25. The molecule has 13 heavy (non-hydrogen) atoms. The standard InChI is InChI=1S/C10H13FO2/c1-3-13-10-5-8(6-12)4-9(11)7(10)2/h4-5,12H,3,6H2,1-2H3. The molecular formula is C10H13FO2. The summed E-state index contributed by atoms with van der Waals surface area (Å²) in [5, 5.41) is 8.82. The van der Waals surface area contributed by atoms with Gasteiger partial charge < -0.3 is 9.84 Å². The molecule has 1 N–H and O–H groups in total. The normalized spacial score (nSPS) is 10.2. The number of hydrogen-bond acceptors (Lipinski definition) is 2. The van der Waals surface area contributed by atoms with E-state index in [9.17, 15) is 4.39 Å². The van der Waals surface area contributed by atoms with Crippen LogP contribution in [0, 0.1) is 12.7 Å². The first kappa shape index (κ1) is 9.99. The predicted molar refractivity (Wildman–Crippen MR) is 48.2 cm³/mol. The average Bonchev–Trinajstić information content (AvgIpc) is 2.13. The lowest BCUT2D eigenvalue weighted by Gasteiger charge is -2.09. The second kappa shape index (κ2) is 4.23. The SMILES string of the molecule is CCOc1cc(CO)cc(F)c1C. The topological polar surface area (TPSA) is 29.5 Å². The van der Waals surface area contributed by atoms with Crippen LogP contribution >= 0.6 is 0 Å². The monoisotopic (exact) mass is 184 g/mol. The van der Waals surface area contributed by atoms with E-state index in [-0.39, 0.29) is 12.4 Å². The molecule has 0 amide bonds. The van der Waals surface area contributed by atoms with Gasteiger partial charge in [-0.05, 0) is 31.5 Å². The molecule has 1 aromatic carbocycles. The van der Waals surface area contributed by atoms with Crippen molar-refractivity contribution in [3.05, 3.63) is 29.1 Å². The molecule has 2 nitrogen and oxygen atoms in total. The lowest BCUT2D eigenvalue weighted by molar-refractivity contribution is 0.279. The molecule has 3 heteroatoms. The summed E-state index contributed by atoms with van der Waals surface area (Å²) in [5.74, 6) is 0.168. The van der Waals surface area contributed by atoms with E-state index in [2.05, 4.69) is 0 Å². The number of halogens is 1. The smallest absolute Gasteiger partial charge is 0.130 e. The third kappa shape index (κ3) is 2.18. The molecule has 0 saturated carbocycles. The molecule has 0 radical (unpaired) electrons. The van der Waals surface area contributed by atoms with Gasteiger partial charge in [-0.1, -0.05) is 0 Å². The number of hydrogen-bond donors (Lipinski definition) is 1. The van der Waals surface area contributed by atoms with Crippen LogP contribution in [0.25, 0.3) is 0 Å². The Bertz CT molecular complexity index is 297. The summed E-state index contributed by atoms with van der Waals surface area (Å²) in [6.07, 6.45) is 0. The summed E-state index contributed by atoms with van der Waals surface area (Å²) in [7, 11) is 0. The lowest BCUT2D eigenvalue weighted by Crippen LogP contribution is -1.98. The zero-order valence-electron chi connectivity index (χ0n) is 7.80. The highest BCUT2D eigenvalue weighted by Gasteiger charge is 2.06. The fourth-order valence-electron chi connectivity index (χ4n) is 1.10. The second-order valence-corrected chi connectivity index (χ2v) is 2.79. The summed E-state index contributed by atoms with van der Waals surface area (Å²) in [4.78, 5) is 0. The number of aliphatic hydroxyl groups is 1. The number of ether oxygens (including phenoxy) is 1. The van der Waals surface area contributed by atoms with Gasteiger partial charge in [0.05, 0.1) is 13.2 Å². The highest BCUT2D eigenvalue weighted by Crippen LogP contribution is 2.22. The Hall–Kier alpha value is -1.09. The molecule has 0 heterocycles. The third-order valence-electron chi connectivity index (χ3n) is 1.84. The van der Waals surface area contributed by atoms with Gasteiger partial charge in [0.2, 0.25) is 0 Å². The molecule has 0 aliphatic rings. The van der Waals surface area contributed by atoms with E-state index in [1.165, 1.54) is 6.07 Å². The van der Waals surface area contributed by atoms with Crippen LogP contribution in [-0.2, 0) is 6.61 Å². The van der Waals surface area contributed by atoms with Crippen LogP contribution in [0.15, 0.2) is 12.1 Å². The van der Waals surface area contributed by atoms with E-state index in [4.69, 9.17) is 9.84 Å². The van der Waals surface area contributed by atoms with Gasteiger partial charge in [0.15, 0.2) is 0 Å². The lowest BCUT2D eigenvalue weighted by atomic mass is 10.1. The molecule has 0 unspecified atom stereocenters. The number of aliphatic hydroxyl groups excluding tert-OH is 1. The Morgan fingerprint density at radius 3 is 2.69 bits per heavy atom. The molecule has 0 saturated heterocycles. The molecular weight excluding hydrogens is 171 g/mol. The van der Waals surface area contributed by atoms with Crippen molar-refractivity contribution in [2.45, 2.75) is 20.5 Å². The highest BCUT2D eigenvalue weighted by atomic mass is 19.1. The van der Waals surface area contributed by atoms with Gasteiger partial charge in [-0.15, -0.1) is 0 Å². The van der Waals surface area contributed by atoms with Gasteiger partial charge in [-0.3, -0.25) is 0 Å². The summed E-state index contributed by atoms with van der Waals surface area (Å²) in [5.41, 5.74) is 1.02. The largest absolute Gasteiger partial charge is 0.493 e. The van der Waals surface area contributed by atoms with Crippen molar-refractivity contribution >= 4 is 0 Å². The molecule has 0 atom stereocenters. The molecule has 0 aromatic heterocycles. The van der Waals surface area contributed by atoms with Crippen LogP contribution in [-0.4, -0.2) is 11.7 Å². The first-order valence-electron chi connectivity index (χ1n) is 4.21. The molecule has 0 aliphatic heterocycles. The Labute approximate surface area is 77.0 Å². The van der Waals surface area contributed by atoms with Crippen molar-refractivity contribution in [2.24, 2.45) is 0 Å². The van der Waals surface area contributed by atoms with Crippen molar-refractivity contribution in [3.8, 4) is 5.75 Å². The van der Waals surface area contributed by atoms with Crippen LogP contribution in [0.2, 0.25) is 0 Å². The van der Waals surface area contributed by atoms with Crippen molar-refractivity contribution in [1.82, 2.24) is 0 Å². The van der Waals surface area contributed by atoms with Gasteiger partial charge in [0.1, 0.15) is 11.6 Å². The molecule has 1 aromatic rings. The van der Waals surface area contributed by atoms with Crippen molar-refractivity contribution in [1.29, 1.82) is 0 Å². The van der Waals surface area contributed by atoms with E-state index in [1.807, 2.05) is 6.92 Å². The summed E-state index contributed by atoms with van der Waals surface area (Å²) in [6.45, 7) is 3.82. The second-order valence-electron chi connectivity index (χ2n) is 2.79. The van der Waals surface area contributed by atoms with Gasteiger partial charge in [0.25, 0.3) is 0 Å². The van der Waals surface area contributed by atoms with Crippen LogP contribution in [0.4, 0.5) is 4.39 Å². The first-order chi connectivity index (χ1) is 6.19. The van der Waals surface area contributed by atoms with Crippen LogP contribution in [0.5, 0.6) is 5.75 Å². The zero-order chi connectivity index (χ0) is 9.84. The quantitative estimate of drug-likeness (QED) is 0.778. The number of benzene rings is 1. The maximum absolute atomic E-state index is 13.2. The Morgan fingerprint density at radius 2 is 2.15 bits per heavy atom. The zero-order valence-corrected chi connectivity index (χ0v) is 7.80. The predicted octanol–water partition coefficient (Wildman–Crippen LogP) is 2.03. The van der Waals surface area contributed by atoms with Crippen LogP contribution < -0.4 is 4.74 Å². The van der Waals surface area contributed by atoms with Gasteiger partial charge in [0, 0.05) is 5.56 Å². The van der Waals surface area contributed by atoms with E-state index in [0.29, 0.717) is 23.5 Å². The fraction of sp³-hybridized carbons (Fsp3) is 0.400. The van der Waals surface area contributed by atoms with Crippen molar-refractivity contribution < 1.29 is 14.2 Å².